The van der Waals surface area contributed by atoms with Crippen molar-refractivity contribution in [2.45, 2.75) is 44.2 Å². The Balaban J connectivity index is 1.70. The second-order valence-corrected chi connectivity index (χ2v) is 8.26. The quantitative estimate of drug-likeness (QED) is 0.725. The van der Waals surface area contributed by atoms with E-state index in [9.17, 15) is 0 Å². The van der Waals surface area contributed by atoms with Gasteiger partial charge >= 0.3 is 0 Å². The molecule has 0 aromatic heterocycles. The van der Waals surface area contributed by atoms with Gasteiger partial charge in [-0.05, 0) is 49.1 Å². The van der Waals surface area contributed by atoms with Gasteiger partial charge in [0.15, 0.2) is 0 Å². The van der Waals surface area contributed by atoms with Crippen molar-refractivity contribution in [3.05, 3.63) is 71.8 Å². The molecule has 5 rings (SSSR count). The molecule has 122 valence electrons. The number of hydrogen-bond donors (Lipinski definition) is 0. The highest BCUT2D eigenvalue weighted by molar-refractivity contribution is 5.42. The van der Waals surface area contributed by atoms with Crippen molar-refractivity contribution in [3.63, 3.8) is 0 Å². The Morgan fingerprint density at radius 3 is 2.08 bits per heavy atom. The molecule has 5 atom stereocenters. The second kappa shape index (κ2) is 4.56. The van der Waals surface area contributed by atoms with Gasteiger partial charge in [-0.2, -0.15) is 10.2 Å². The van der Waals surface area contributed by atoms with E-state index in [-0.39, 0.29) is 16.5 Å². The Bertz CT molecular complexity index is 799. The summed E-state index contributed by atoms with van der Waals surface area (Å²) in [7, 11) is 0. The highest BCUT2D eigenvalue weighted by Gasteiger charge is 2.78. The van der Waals surface area contributed by atoms with Gasteiger partial charge in [-0.1, -0.05) is 67.6 Å². The zero-order valence-electron chi connectivity index (χ0n) is 14.4. The van der Waals surface area contributed by atoms with Crippen LogP contribution in [0.3, 0.4) is 0 Å². The summed E-state index contributed by atoms with van der Waals surface area (Å²) in [6.07, 6.45) is 3.64. The fourth-order valence-corrected chi connectivity index (χ4v) is 6.03. The van der Waals surface area contributed by atoms with Crippen LogP contribution in [-0.2, 0) is 12.0 Å². The molecular formula is C22H24N2. The van der Waals surface area contributed by atoms with Gasteiger partial charge in [-0.25, -0.2) is 0 Å². The van der Waals surface area contributed by atoms with E-state index in [0.717, 1.165) is 6.42 Å². The topological polar surface area (TPSA) is 24.7 Å². The van der Waals surface area contributed by atoms with Gasteiger partial charge in [-0.15, -0.1) is 0 Å². The number of hydrogen-bond acceptors (Lipinski definition) is 2. The maximum absolute atomic E-state index is 5.03. The van der Waals surface area contributed by atoms with Gasteiger partial charge in [0.1, 0.15) is 5.54 Å². The van der Waals surface area contributed by atoms with Crippen LogP contribution in [0, 0.1) is 17.3 Å². The maximum atomic E-state index is 5.03. The molecule has 2 aliphatic carbocycles. The number of benzene rings is 2. The average Bonchev–Trinajstić information content (AvgIpc) is 2.83. The molecule has 0 radical (unpaired) electrons. The number of rotatable bonds is 3. The molecule has 0 spiro atoms. The molecule has 0 saturated heterocycles. The molecule has 24 heavy (non-hydrogen) atoms. The van der Waals surface area contributed by atoms with Crippen molar-refractivity contribution in [2.75, 3.05) is 0 Å². The Morgan fingerprint density at radius 2 is 1.46 bits per heavy atom. The molecule has 0 N–H and O–H groups in total. The van der Waals surface area contributed by atoms with Crippen LogP contribution in [0.1, 0.15) is 37.8 Å². The lowest BCUT2D eigenvalue weighted by molar-refractivity contribution is 0.0898. The van der Waals surface area contributed by atoms with Crippen LogP contribution in [-0.4, -0.2) is 5.54 Å². The molecule has 2 saturated carbocycles. The molecule has 2 aromatic rings. The van der Waals surface area contributed by atoms with Crippen LogP contribution in [0.15, 0.2) is 70.9 Å². The highest BCUT2D eigenvalue weighted by Crippen LogP contribution is 2.76. The van der Waals surface area contributed by atoms with Gasteiger partial charge in [0.05, 0.1) is 5.54 Å². The van der Waals surface area contributed by atoms with E-state index in [1.165, 1.54) is 24.0 Å². The summed E-state index contributed by atoms with van der Waals surface area (Å²) in [5.41, 5.74) is 2.61. The number of nitrogens with zero attached hydrogens (tertiary/aromatic N) is 2. The molecule has 2 nitrogen and oxygen atoms in total. The summed E-state index contributed by atoms with van der Waals surface area (Å²) in [6.45, 7) is 4.82. The minimum atomic E-state index is -0.151. The summed E-state index contributed by atoms with van der Waals surface area (Å²) < 4.78 is 0. The third-order valence-corrected chi connectivity index (χ3v) is 7.52. The zero-order valence-corrected chi connectivity index (χ0v) is 14.4. The molecule has 2 fully saturated rings. The lowest BCUT2D eigenvalue weighted by atomic mass is 9.60. The van der Waals surface area contributed by atoms with Crippen molar-refractivity contribution < 1.29 is 0 Å². The fraction of sp³-hybridized carbons (Fsp3) is 0.455. The van der Waals surface area contributed by atoms with Crippen LogP contribution in [0.25, 0.3) is 0 Å². The van der Waals surface area contributed by atoms with Crippen LogP contribution < -0.4 is 0 Å². The van der Waals surface area contributed by atoms with E-state index < -0.39 is 0 Å². The van der Waals surface area contributed by atoms with E-state index >= 15 is 0 Å². The van der Waals surface area contributed by atoms with E-state index in [4.69, 9.17) is 10.2 Å². The van der Waals surface area contributed by atoms with Crippen LogP contribution in [0.2, 0.25) is 0 Å². The van der Waals surface area contributed by atoms with Crippen molar-refractivity contribution in [2.24, 2.45) is 27.5 Å². The van der Waals surface area contributed by atoms with Gasteiger partial charge in [0.25, 0.3) is 0 Å². The molecule has 2 heteroatoms. The van der Waals surface area contributed by atoms with Crippen LogP contribution in [0.4, 0.5) is 0 Å². The Labute approximate surface area is 144 Å². The van der Waals surface area contributed by atoms with E-state index in [0.29, 0.717) is 11.8 Å². The van der Waals surface area contributed by atoms with Crippen LogP contribution in [0.5, 0.6) is 0 Å². The summed E-state index contributed by atoms with van der Waals surface area (Å²) in [5, 5.41) is 9.98. The lowest BCUT2D eigenvalue weighted by Crippen LogP contribution is -2.47. The summed E-state index contributed by atoms with van der Waals surface area (Å²) in [6, 6.07) is 21.9. The third-order valence-electron chi connectivity index (χ3n) is 7.52. The average molecular weight is 316 g/mol. The minimum Gasteiger partial charge on any atom is -0.186 e. The van der Waals surface area contributed by atoms with Crippen LogP contribution >= 0.6 is 0 Å². The highest BCUT2D eigenvalue weighted by atomic mass is 15.3. The first kappa shape index (κ1) is 14.4. The molecule has 3 aliphatic rings. The van der Waals surface area contributed by atoms with Crippen molar-refractivity contribution in [1.82, 2.24) is 0 Å². The Hall–Kier alpha value is -1.96. The standard InChI is InChI=1S/C22H24N2/c1-20(15-16-9-5-3-6-10-16)21(2)18-13-14-19(18)22(20,24-23-21)17-11-7-4-8-12-17/h3-12,18-19H,13-15H2,1-2H3/t18-,19-,20+,21-,22+/m1/s1. The normalized spacial score (nSPS) is 41.9. The molecule has 0 amide bonds. The second-order valence-electron chi connectivity index (χ2n) is 8.26. The predicted octanol–water partition coefficient (Wildman–Crippen LogP) is 5.40. The minimum absolute atomic E-state index is 0.0363. The van der Waals surface area contributed by atoms with Crippen molar-refractivity contribution in [3.8, 4) is 0 Å². The molecule has 2 bridgehead atoms. The smallest absolute Gasteiger partial charge is 0.118 e. The lowest BCUT2D eigenvalue weighted by Gasteiger charge is -2.45. The van der Waals surface area contributed by atoms with Crippen molar-refractivity contribution in [1.29, 1.82) is 0 Å². The summed E-state index contributed by atoms with van der Waals surface area (Å²) >= 11 is 0. The summed E-state index contributed by atoms with van der Waals surface area (Å²) in [5.74, 6) is 1.33. The Kier molecular flexibility index (Phi) is 2.73. The monoisotopic (exact) mass is 316 g/mol. The van der Waals surface area contributed by atoms with Gasteiger partial charge < -0.3 is 0 Å². The SMILES string of the molecule is C[C@]1(Cc2ccccc2)[C@]2(C)N=N[C@@]1(c1ccccc1)[C@@H]1CC[C@H]12. The van der Waals surface area contributed by atoms with E-state index in [1.54, 1.807) is 0 Å². The molecular weight excluding hydrogens is 292 g/mol. The van der Waals surface area contributed by atoms with E-state index in [2.05, 4.69) is 74.5 Å². The third kappa shape index (κ3) is 1.44. The molecule has 1 aliphatic heterocycles. The first-order chi connectivity index (χ1) is 11.6. The van der Waals surface area contributed by atoms with Crippen molar-refractivity contribution >= 4 is 0 Å². The zero-order chi connectivity index (χ0) is 16.4. The van der Waals surface area contributed by atoms with Gasteiger partial charge in [0.2, 0.25) is 0 Å². The Morgan fingerprint density at radius 1 is 0.833 bits per heavy atom. The maximum Gasteiger partial charge on any atom is 0.118 e. The largest absolute Gasteiger partial charge is 0.186 e. The fourth-order valence-electron chi connectivity index (χ4n) is 6.03. The molecule has 1 heterocycles. The summed E-state index contributed by atoms with van der Waals surface area (Å²) in [4.78, 5) is 0. The molecule has 2 aromatic carbocycles. The first-order valence-corrected chi connectivity index (χ1v) is 9.15. The number of fused-ring (bicyclic) bond motifs is 5. The van der Waals surface area contributed by atoms with E-state index in [1.807, 2.05) is 0 Å². The van der Waals surface area contributed by atoms with Gasteiger partial charge in [0, 0.05) is 5.41 Å². The number of azo groups is 1. The molecule has 0 unspecified atom stereocenters. The van der Waals surface area contributed by atoms with Gasteiger partial charge in [-0.3, -0.25) is 0 Å². The predicted molar refractivity (Wildman–Crippen MR) is 95.8 cm³/mol. The first-order valence-electron chi connectivity index (χ1n) is 9.15.